The molecule has 2 saturated heterocycles. The number of rotatable bonds is 3. The van der Waals surface area contributed by atoms with Crippen molar-refractivity contribution >= 4 is 18.3 Å². The van der Waals surface area contributed by atoms with Crippen molar-refractivity contribution in [3.05, 3.63) is 35.4 Å². The van der Waals surface area contributed by atoms with Crippen molar-refractivity contribution in [2.45, 2.75) is 32.0 Å². The largest absolute Gasteiger partial charge is 0.416 e. The molecule has 0 aliphatic carbocycles. The first-order valence-corrected chi connectivity index (χ1v) is 9.31. The van der Waals surface area contributed by atoms with Gasteiger partial charge in [0.25, 0.3) is 0 Å². The van der Waals surface area contributed by atoms with Crippen molar-refractivity contribution in [1.29, 1.82) is 0 Å². The Balaban J connectivity index is 0.00000261. The molecule has 0 radical (unpaired) electrons. The van der Waals surface area contributed by atoms with Crippen molar-refractivity contribution in [3.8, 4) is 0 Å². The van der Waals surface area contributed by atoms with E-state index in [-0.39, 0.29) is 24.2 Å². The van der Waals surface area contributed by atoms with Crippen LogP contribution >= 0.6 is 12.4 Å². The molecule has 2 heterocycles. The maximum atomic E-state index is 12.7. The van der Waals surface area contributed by atoms with Gasteiger partial charge in [0.15, 0.2) is 0 Å². The second kappa shape index (κ2) is 9.75. The Labute approximate surface area is 164 Å². The number of carbonyl (C=O) groups is 1. The molecule has 0 saturated carbocycles. The predicted molar refractivity (Wildman–Crippen MR) is 101 cm³/mol. The first-order valence-electron chi connectivity index (χ1n) is 9.31. The highest BCUT2D eigenvalue weighted by Crippen LogP contribution is 2.29. The SMILES string of the molecule is Cl.O=C(C1CCNCC1)N1CCCN(Cc2ccc(C(F)(F)F)cc2)CC1. The summed E-state index contributed by atoms with van der Waals surface area (Å²) in [5, 5.41) is 3.28. The van der Waals surface area contributed by atoms with Gasteiger partial charge >= 0.3 is 6.18 Å². The molecular weight excluding hydrogens is 379 g/mol. The summed E-state index contributed by atoms with van der Waals surface area (Å²) in [4.78, 5) is 16.9. The molecule has 1 amide bonds. The Kier molecular flexibility index (Phi) is 7.94. The molecule has 0 atom stereocenters. The summed E-state index contributed by atoms with van der Waals surface area (Å²) < 4.78 is 38.0. The van der Waals surface area contributed by atoms with Crippen LogP contribution in [0, 0.1) is 5.92 Å². The van der Waals surface area contributed by atoms with Crippen molar-refractivity contribution in [2.24, 2.45) is 5.92 Å². The van der Waals surface area contributed by atoms with E-state index in [2.05, 4.69) is 10.2 Å². The van der Waals surface area contributed by atoms with Gasteiger partial charge in [-0.25, -0.2) is 0 Å². The van der Waals surface area contributed by atoms with Gasteiger partial charge in [0.1, 0.15) is 0 Å². The van der Waals surface area contributed by atoms with Gasteiger partial charge in [-0.3, -0.25) is 9.69 Å². The number of amides is 1. The quantitative estimate of drug-likeness (QED) is 0.839. The number of halogens is 4. The van der Waals surface area contributed by atoms with E-state index in [9.17, 15) is 18.0 Å². The molecule has 2 aliphatic rings. The number of nitrogens with zero attached hydrogens (tertiary/aromatic N) is 2. The summed E-state index contributed by atoms with van der Waals surface area (Å²) in [5.74, 6) is 0.403. The average molecular weight is 406 g/mol. The summed E-state index contributed by atoms with van der Waals surface area (Å²) in [6.45, 7) is 5.52. The van der Waals surface area contributed by atoms with Crippen LogP contribution in [0.5, 0.6) is 0 Å². The van der Waals surface area contributed by atoms with E-state index < -0.39 is 11.7 Å². The van der Waals surface area contributed by atoms with Crippen LogP contribution in [0.4, 0.5) is 13.2 Å². The minimum Gasteiger partial charge on any atom is -0.341 e. The number of hydrogen-bond acceptors (Lipinski definition) is 3. The summed E-state index contributed by atoms with van der Waals surface area (Å²) in [7, 11) is 0. The monoisotopic (exact) mass is 405 g/mol. The maximum absolute atomic E-state index is 12.7. The number of carbonyl (C=O) groups excluding carboxylic acids is 1. The zero-order valence-corrected chi connectivity index (χ0v) is 16.1. The fourth-order valence-electron chi connectivity index (χ4n) is 3.73. The third-order valence-corrected chi connectivity index (χ3v) is 5.28. The third-order valence-electron chi connectivity index (χ3n) is 5.28. The smallest absolute Gasteiger partial charge is 0.341 e. The lowest BCUT2D eigenvalue weighted by atomic mass is 9.96. The molecule has 8 heteroatoms. The van der Waals surface area contributed by atoms with E-state index in [1.54, 1.807) is 12.1 Å². The lowest BCUT2D eigenvalue weighted by Crippen LogP contribution is -2.42. The molecule has 2 aliphatic heterocycles. The molecule has 1 aromatic carbocycles. The Bertz CT molecular complexity index is 603. The molecule has 3 rings (SSSR count). The Morgan fingerprint density at radius 1 is 1.04 bits per heavy atom. The first-order chi connectivity index (χ1) is 12.4. The number of benzene rings is 1. The lowest BCUT2D eigenvalue weighted by molar-refractivity contribution is -0.137. The number of piperidine rings is 1. The number of nitrogens with one attached hydrogen (secondary N) is 1. The molecule has 0 unspecified atom stereocenters. The van der Waals surface area contributed by atoms with Crippen molar-refractivity contribution < 1.29 is 18.0 Å². The molecule has 27 heavy (non-hydrogen) atoms. The standard InChI is InChI=1S/C19H26F3N3O.ClH/c20-19(21,22)17-4-2-15(3-5-17)14-24-10-1-11-25(13-12-24)18(26)16-6-8-23-9-7-16;/h2-5,16,23H,1,6-14H2;1H. The Morgan fingerprint density at radius 2 is 1.70 bits per heavy atom. The van der Waals surface area contributed by atoms with Crippen LogP contribution < -0.4 is 5.32 Å². The van der Waals surface area contributed by atoms with Crippen LogP contribution in [0.25, 0.3) is 0 Å². The Morgan fingerprint density at radius 3 is 2.33 bits per heavy atom. The molecule has 1 N–H and O–H groups in total. The summed E-state index contributed by atoms with van der Waals surface area (Å²) in [5.41, 5.74) is 0.256. The van der Waals surface area contributed by atoms with Gasteiger partial charge in [0, 0.05) is 38.6 Å². The zero-order valence-electron chi connectivity index (χ0n) is 15.3. The van der Waals surface area contributed by atoms with Crippen LogP contribution in [0.15, 0.2) is 24.3 Å². The van der Waals surface area contributed by atoms with Crippen LogP contribution in [0.3, 0.4) is 0 Å². The molecule has 4 nitrogen and oxygen atoms in total. The molecular formula is C19H27ClF3N3O. The van der Waals surface area contributed by atoms with Crippen LogP contribution in [-0.2, 0) is 17.5 Å². The maximum Gasteiger partial charge on any atom is 0.416 e. The van der Waals surface area contributed by atoms with Gasteiger partial charge in [-0.2, -0.15) is 13.2 Å². The van der Waals surface area contributed by atoms with Crippen molar-refractivity contribution in [3.63, 3.8) is 0 Å². The van der Waals surface area contributed by atoms with E-state index in [1.807, 2.05) is 4.90 Å². The average Bonchev–Trinajstić information content (AvgIpc) is 2.87. The lowest BCUT2D eigenvalue weighted by Gasteiger charge is -2.29. The van der Waals surface area contributed by atoms with Crippen LogP contribution in [0.1, 0.15) is 30.4 Å². The summed E-state index contributed by atoms with van der Waals surface area (Å²) >= 11 is 0. The molecule has 1 aromatic rings. The fourth-order valence-corrected chi connectivity index (χ4v) is 3.73. The highest BCUT2D eigenvalue weighted by molar-refractivity contribution is 5.85. The van der Waals surface area contributed by atoms with Crippen molar-refractivity contribution in [2.75, 3.05) is 39.3 Å². The van der Waals surface area contributed by atoms with Gasteiger partial charge in [-0.15, -0.1) is 12.4 Å². The third kappa shape index (κ3) is 6.09. The van der Waals surface area contributed by atoms with E-state index in [1.165, 1.54) is 0 Å². The minimum absolute atomic E-state index is 0. The van der Waals surface area contributed by atoms with Gasteiger partial charge in [-0.1, -0.05) is 12.1 Å². The second-order valence-electron chi connectivity index (χ2n) is 7.17. The molecule has 0 bridgehead atoms. The fraction of sp³-hybridized carbons (Fsp3) is 0.632. The molecule has 152 valence electrons. The summed E-state index contributed by atoms with van der Waals surface area (Å²) in [6, 6.07) is 5.37. The van der Waals surface area contributed by atoms with Gasteiger partial charge in [0.2, 0.25) is 5.91 Å². The van der Waals surface area contributed by atoms with Crippen LogP contribution in [-0.4, -0.2) is 55.0 Å². The highest BCUT2D eigenvalue weighted by Gasteiger charge is 2.30. The van der Waals surface area contributed by atoms with E-state index in [0.29, 0.717) is 13.1 Å². The molecule has 2 fully saturated rings. The number of hydrogen-bond donors (Lipinski definition) is 1. The predicted octanol–water partition coefficient (Wildman–Crippen LogP) is 3.16. The highest BCUT2D eigenvalue weighted by atomic mass is 35.5. The zero-order chi connectivity index (χ0) is 18.6. The van der Waals surface area contributed by atoms with Crippen molar-refractivity contribution in [1.82, 2.24) is 15.1 Å². The van der Waals surface area contributed by atoms with Gasteiger partial charge in [-0.05, 0) is 50.0 Å². The molecule has 0 aromatic heterocycles. The Hall–Kier alpha value is -1.31. The van der Waals surface area contributed by atoms with E-state index >= 15 is 0 Å². The van der Waals surface area contributed by atoms with E-state index in [0.717, 1.165) is 69.7 Å². The minimum atomic E-state index is -4.30. The van der Waals surface area contributed by atoms with E-state index in [4.69, 9.17) is 0 Å². The topological polar surface area (TPSA) is 35.6 Å². The summed E-state index contributed by atoms with van der Waals surface area (Å²) in [6.07, 6.45) is -1.58. The van der Waals surface area contributed by atoms with Crippen LogP contribution in [0.2, 0.25) is 0 Å². The first kappa shape index (κ1) is 22.0. The molecule has 0 spiro atoms. The number of alkyl halides is 3. The second-order valence-corrected chi connectivity index (χ2v) is 7.17. The van der Waals surface area contributed by atoms with Gasteiger partial charge < -0.3 is 10.2 Å². The normalized spacial score (nSPS) is 20.0. The van der Waals surface area contributed by atoms with Gasteiger partial charge in [0.05, 0.1) is 5.56 Å².